The summed E-state index contributed by atoms with van der Waals surface area (Å²) < 4.78 is 33.0. The van der Waals surface area contributed by atoms with Gasteiger partial charge in [-0.3, -0.25) is 0 Å². The number of furan rings is 1. The fourth-order valence-corrected chi connectivity index (χ4v) is 4.56. The lowest BCUT2D eigenvalue weighted by molar-refractivity contribution is 0.441. The summed E-state index contributed by atoms with van der Waals surface area (Å²) in [5.74, 6) is 1.35. The molecule has 3 N–H and O–H groups in total. The van der Waals surface area contributed by atoms with Gasteiger partial charge in [0.1, 0.15) is 15.7 Å². The first-order chi connectivity index (χ1) is 9.33. The monoisotopic (exact) mass is 314 g/mol. The largest absolute Gasteiger partial charge is 0.465 e. The average molecular weight is 314 g/mol. The van der Waals surface area contributed by atoms with Crippen molar-refractivity contribution in [1.29, 1.82) is 0 Å². The highest BCUT2D eigenvalue weighted by molar-refractivity contribution is 7.91. The van der Waals surface area contributed by atoms with E-state index in [1.807, 2.05) is 19.9 Å². The second kappa shape index (κ2) is 5.69. The van der Waals surface area contributed by atoms with E-state index in [4.69, 9.17) is 10.2 Å². The molecule has 0 saturated heterocycles. The summed E-state index contributed by atoms with van der Waals surface area (Å²) in [6.07, 6.45) is 0. The minimum Gasteiger partial charge on any atom is -0.465 e. The predicted octanol–water partition coefficient (Wildman–Crippen LogP) is 2.46. The molecule has 1 unspecified atom stereocenters. The molecular formula is C13H18N2O3S2. The zero-order valence-corrected chi connectivity index (χ0v) is 13.3. The molecule has 0 aliphatic rings. The van der Waals surface area contributed by atoms with Crippen LogP contribution in [-0.4, -0.2) is 8.42 Å². The second-order valence-corrected chi connectivity index (χ2v) is 7.74. The van der Waals surface area contributed by atoms with Crippen molar-refractivity contribution in [2.45, 2.75) is 37.6 Å². The van der Waals surface area contributed by atoms with Crippen LogP contribution in [0.25, 0.3) is 0 Å². The molecule has 2 aromatic heterocycles. The first-order valence-corrected chi connectivity index (χ1v) is 8.51. The summed E-state index contributed by atoms with van der Waals surface area (Å²) in [6, 6.07) is 4.81. The van der Waals surface area contributed by atoms with Crippen molar-refractivity contribution in [3.8, 4) is 0 Å². The van der Waals surface area contributed by atoms with Gasteiger partial charge in [-0.1, -0.05) is 0 Å². The van der Waals surface area contributed by atoms with Crippen LogP contribution in [0.5, 0.6) is 0 Å². The number of hydrogen-bond donors (Lipinski definition) is 2. The molecule has 0 radical (unpaired) electrons. The van der Waals surface area contributed by atoms with E-state index >= 15 is 0 Å². The molecule has 110 valence electrons. The van der Waals surface area contributed by atoms with Gasteiger partial charge in [-0.25, -0.2) is 13.1 Å². The number of sulfonamides is 1. The highest BCUT2D eigenvalue weighted by Gasteiger charge is 2.22. The minimum atomic E-state index is -3.56. The fourth-order valence-electron chi connectivity index (χ4n) is 1.86. The van der Waals surface area contributed by atoms with E-state index in [2.05, 4.69) is 4.72 Å². The van der Waals surface area contributed by atoms with Crippen LogP contribution < -0.4 is 10.5 Å². The van der Waals surface area contributed by atoms with E-state index in [1.54, 1.807) is 19.1 Å². The molecule has 2 rings (SSSR count). The van der Waals surface area contributed by atoms with Crippen molar-refractivity contribution >= 4 is 21.4 Å². The van der Waals surface area contributed by atoms with Crippen molar-refractivity contribution in [2.24, 2.45) is 5.73 Å². The summed E-state index contributed by atoms with van der Waals surface area (Å²) in [5.41, 5.74) is 6.48. The maximum absolute atomic E-state index is 12.3. The molecule has 0 spiro atoms. The molecule has 7 heteroatoms. The van der Waals surface area contributed by atoms with Crippen LogP contribution in [0.3, 0.4) is 0 Å². The topological polar surface area (TPSA) is 85.3 Å². The number of rotatable bonds is 5. The van der Waals surface area contributed by atoms with Gasteiger partial charge in [-0.15, -0.1) is 11.3 Å². The number of thiophene rings is 1. The number of hydrogen-bond acceptors (Lipinski definition) is 5. The third-order valence-electron chi connectivity index (χ3n) is 2.97. The summed E-state index contributed by atoms with van der Waals surface area (Å²) >= 11 is 1.20. The lowest BCUT2D eigenvalue weighted by Crippen LogP contribution is -2.25. The van der Waals surface area contributed by atoms with Gasteiger partial charge in [-0.05, 0) is 44.5 Å². The minimum absolute atomic E-state index is 0.283. The molecule has 0 bridgehead atoms. The van der Waals surface area contributed by atoms with Gasteiger partial charge in [0.2, 0.25) is 0 Å². The van der Waals surface area contributed by atoms with Gasteiger partial charge in [0.05, 0.1) is 6.04 Å². The van der Waals surface area contributed by atoms with Gasteiger partial charge < -0.3 is 10.2 Å². The van der Waals surface area contributed by atoms with Crippen LogP contribution in [0.4, 0.5) is 0 Å². The van der Waals surface area contributed by atoms with Gasteiger partial charge in [0.25, 0.3) is 10.0 Å². The Morgan fingerprint density at radius 3 is 2.60 bits per heavy atom. The highest BCUT2D eigenvalue weighted by Crippen LogP contribution is 2.27. The van der Waals surface area contributed by atoms with Crippen molar-refractivity contribution in [1.82, 2.24) is 4.72 Å². The molecule has 0 aliphatic heterocycles. The molecule has 5 nitrogen and oxygen atoms in total. The zero-order chi connectivity index (χ0) is 14.9. The van der Waals surface area contributed by atoms with E-state index in [1.165, 1.54) is 11.3 Å². The van der Waals surface area contributed by atoms with Crippen LogP contribution >= 0.6 is 11.3 Å². The van der Waals surface area contributed by atoms with Crippen molar-refractivity contribution in [3.63, 3.8) is 0 Å². The normalized spacial score (nSPS) is 13.6. The van der Waals surface area contributed by atoms with Crippen LogP contribution in [0.2, 0.25) is 0 Å². The SMILES string of the molecule is Cc1ccc(C(C)NS(=O)(=O)c2cc(C)c(CN)s2)o1. The third-order valence-corrected chi connectivity index (χ3v) is 6.24. The third kappa shape index (κ3) is 3.12. The molecule has 0 aliphatic carbocycles. The van der Waals surface area contributed by atoms with E-state index in [-0.39, 0.29) is 4.21 Å². The Labute approximate surface area is 122 Å². The van der Waals surface area contributed by atoms with Crippen LogP contribution in [-0.2, 0) is 16.6 Å². The van der Waals surface area contributed by atoms with Crippen molar-refractivity contribution in [2.75, 3.05) is 0 Å². The van der Waals surface area contributed by atoms with Gasteiger partial charge in [-0.2, -0.15) is 0 Å². The quantitative estimate of drug-likeness (QED) is 0.887. The molecule has 0 fully saturated rings. The highest BCUT2D eigenvalue weighted by atomic mass is 32.2. The summed E-state index contributed by atoms with van der Waals surface area (Å²) in [4.78, 5) is 0.881. The van der Waals surface area contributed by atoms with Gasteiger partial charge in [0.15, 0.2) is 0 Å². The average Bonchev–Trinajstić information content (AvgIpc) is 2.95. The first kappa shape index (κ1) is 15.2. The predicted molar refractivity (Wildman–Crippen MR) is 79.1 cm³/mol. The van der Waals surface area contributed by atoms with Crippen LogP contribution in [0.1, 0.15) is 34.9 Å². The standard InChI is InChI=1S/C13H18N2O3S2/c1-8-6-13(19-12(8)7-14)20(16,17)15-10(3)11-5-4-9(2)18-11/h4-6,10,15H,7,14H2,1-3H3. The summed E-state index contributed by atoms with van der Waals surface area (Å²) in [7, 11) is -3.56. The molecule has 0 saturated carbocycles. The Morgan fingerprint density at radius 1 is 1.40 bits per heavy atom. The Morgan fingerprint density at radius 2 is 2.10 bits per heavy atom. The van der Waals surface area contributed by atoms with E-state index in [9.17, 15) is 8.42 Å². The zero-order valence-electron chi connectivity index (χ0n) is 11.6. The number of nitrogens with one attached hydrogen (secondary N) is 1. The van der Waals surface area contributed by atoms with Crippen LogP contribution in [0.15, 0.2) is 26.8 Å². The number of aryl methyl sites for hydroxylation is 2. The maximum atomic E-state index is 12.3. The van der Waals surface area contributed by atoms with E-state index in [0.717, 1.165) is 16.2 Å². The summed E-state index contributed by atoms with van der Waals surface area (Å²) in [5, 5.41) is 0. The Balaban J connectivity index is 2.22. The van der Waals surface area contributed by atoms with Crippen molar-refractivity contribution < 1.29 is 12.8 Å². The molecule has 0 amide bonds. The summed E-state index contributed by atoms with van der Waals surface area (Å²) in [6.45, 7) is 5.77. The molecular weight excluding hydrogens is 296 g/mol. The number of nitrogens with two attached hydrogens (primary N) is 1. The lowest BCUT2D eigenvalue weighted by atomic mass is 10.3. The Kier molecular flexibility index (Phi) is 4.33. The smallest absolute Gasteiger partial charge is 0.250 e. The Bertz CT molecular complexity index is 701. The molecule has 1 atom stereocenters. The first-order valence-electron chi connectivity index (χ1n) is 6.21. The molecule has 2 heterocycles. The fraction of sp³-hybridized carbons (Fsp3) is 0.385. The molecule has 20 heavy (non-hydrogen) atoms. The van der Waals surface area contributed by atoms with E-state index in [0.29, 0.717) is 12.3 Å². The molecule has 2 aromatic rings. The van der Waals surface area contributed by atoms with E-state index < -0.39 is 16.1 Å². The second-order valence-electron chi connectivity index (χ2n) is 4.67. The molecule has 0 aromatic carbocycles. The van der Waals surface area contributed by atoms with Crippen LogP contribution in [0, 0.1) is 13.8 Å². The van der Waals surface area contributed by atoms with Crippen molar-refractivity contribution in [3.05, 3.63) is 40.2 Å². The van der Waals surface area contributed by atoms with Gasteiger partial charge >= 0.3 is 0 Å². The maximum Gasteiger partial charge on any atom is 0.250 e. The lowest BCUT2D eigenvalue weighted by Gasteiger charge is -2.10. The van der Waals surface area contributed by atoms with Gasteiger partial charge in [0, 0.05) is 11.4 Å². The Hall–Kier alpha value is -1.15.